The van der Waals surface area contributed by atoms with Gasteiger partial charge in [-0.3, -0.25) is 9.59 Å². The molecule has 102 valence electrons. The fourth-order valence-electron chi connectivity index (χ4n) is 1.40. The molecule has 0 spiro atoms. The lowest BCUT2D eigenvalue weighted by Crippen LogP contribution is -2.35. The van der Waals surface area contributed by atoms with Gasteiger partial charge in [0, 0.05) is 12.1 Å². The van der Waals surface area contributed by atoms with Crippen LogP contribution in [0.15, 0.2) is 24.8 Å². The zero-order valence-corrected chi connectivity index (χ0v) is 9.70. The van der Waals surface area contributed by atoms with E-state index < -0.39 is 41.4 Å². The van der Waals surface area contributed by atoms with Gasteiger partial charge in [0.25, 0.3) is 5.91 Å². The summed E-state index contributed by atoms with van der Waals surface area (Å²) in [5, 5.41) is 8.62. The SMILES string of the molecule is C=CCN(CC(=O)O)C(=O)c1cc(F)c(F)c(F)c1. The molecule has 0 aromatic heterocycles. The first-order valence-electron chi connectivity index (χ1n) is 5.13. The summed E-state index contributed by atoms with van der Waals surface area (Å²) in [6.07, 6.45) is 1.26. The average molecular weight is 273 g/mol. The number of halogens is 3. The molecule has 0 saturated carbocycles. The van der Waals surface area contributed by atoms with Crippen LogP contribution in [-0.2, 0) is 4.79 Å². The summed E-state index contributed by atoms with van der Waals surface area (Å²) in [5.74, 6) is -6.95. The number of carboxylic acid groups (broad SMARTS) is 1. The Kier molecular flexibility index (Phi) is 4.68. The molecule has 0 heterocycles. The number of hydrogen-bond acceptors (Lipinski definition) is 2. The Hall–Kier alpha value is -2.31. The Morgan fingerprint density at radius 1 is 1.26 bits per heavy atom. The monoisotopic (exact) mass is 273 g/mol. The lowest BCUT2D eigenvalue weighted by atomic mass is 10.1. The van der Waals surface area contributed by atoms with Crippen LogP contribution in [-0.4, -0.2) is 35.0 Å². The van der Waals surface area contributed by atoms with Crippen molar-refractivity contribution in [2.45, 2.75) is 0 Å². The highest BCUT2D eigenvalue weighted by molar-refractivity contribution is 5.96. The maximum Gasteiger partial charge on any atom is 0.323 e. The maximum absolute atomic E-state index is 13.0. The van der Waals surface area contributed by atoms with Crippen molar-refractivity contribution in [3.63, 3.8) is 0 Å². The molecule has 0 aliphatic heterocycles. The number of rotatable bonds is 5. The number of carbonyl (C=O) groups is 2. The first-order valence-corrected chi connectivity index (χ1v) is 5.13. The average Bonchev–Trinajstić information content (AvgIpc) is 2.33. The second-order valence-electron chi connectivity index (χ2n) is 3.62. The molecule has 0 fully saturated rings. The van der Waals surface area contributed by atoms with E-state index >= 15 is 0 Å². The molecule has 0 unspecified atom stereocenters. The molecule has 1 aromatic rings. The Bertz CT molecular complexity index is 508. The van der Waals surface area contributed by atoms with E-state index in [0.29, 0.717) is 12.1 Å². The summed E-state index contributed by atoms with van der Waals surface area (Å²) in [7, 11) is 0. The number of aliphatic carboxylic acids is 1. The molecule has 19 heavy (non-hydrogen) atoms. The third-order valence-electron chi connectivity index (χ3n) is 2.19. The maximum atomic E-state index is 13.0. The first kappa shape index (κ1) is 14.7. The fourth-order valence-corrected chi connectivity index (χ4v) is 1.40. The van der Waals surface area contributed by atoms with E-state index in [2.05, 4.69) is 6.58 Å². The second kappa shape index (κ2) is 6.03. The van der Waals surface area contributed by atoms with Crippen molar-refractivity contribution in [3.05, 3.63) is 47.8 Å². The van der Waals surface area contributed by atoms with Crippen LogP contribution in [0.1, 0.15) is 10.4 Å². The van der Waals surface area contributed by atoms with Crippen molar-refractivity contribution in [1.82, 2.24) is 4.90 Å². The van der Waals surface area contributed by atoms with E-state index in [0.717, 1.165) is 4.90 Å². The number of carboxylic acids is 1. The quantitative estimate of drug-likeness (QED) is 0.657. The van der Waals surface area contributed by atoms with Gasteiger partial charge >= 0.3 is 5.97 Å². The van der Waals surface area contributed by atoms with Crippen LogP contribution in [0, 0.1) is 17.5 Å². The summed E-state index contributed by atoms with van der Waals surface area (Å²) in [6, 6.07) is 1.03. The predicted octanol–water partition coefficient (Wildman–Crippen LogP) is 1.82. The van der Waals surface area contributed by atoms with Gasteiger partial charge in [-0.05, 0) is 12.1 Å². The molecule has 4 nitrogen and oxygen atoms in total. The second-order valence-corrected chi connectivity index (χ2v) is 3.62. The topological polar surface area (TPSA) is 57.6 Å². The van der Waals surface area contributed by atoms with Gasteiger partial charge in [0.15, 0.2) is 17.5 Å². The molecule has 0 bridgehead atoms. The number of hydrogen-bond donors (Lipinski definition) is 1. The molecular formula is C12H10F3NO3. The summed E-state index contributed by atoms with van der Waals surface area (Å²) in [6.45, 7) is 2.56. The van der Waals surface area contributed by atoms with Gasteiger partial charge in [-0.2, -0.15) is 0 Å². The Morgan fingerprint density at radius 2 is 1.79 bits per heavy atom. The third-order valence-corrected chi connectivity index (χ3v) is 2.19. The van der Waals surface area contributed by atoms with Crippen molar-refractivity contribution >= 4 is 11.9 Å². The number of nitrogens with zero attached hydrogens (tertiary/aromatic N) is 1. The Balaban J connectivity index is 3.08. The van der Waals surface area contributed by atoms with Crippen LogP contribution in [0.2, 0.25) is 0 Å². The Morgan fingerprint density at radius 3 is 2.21 bits per heavy atom. The predicted molar refractivity (Wildman–Crippen MR) is 60.1 cm³/mol. The van der Waals surface area contributed by atoms with Gasteiger partial charge < -0.3 is 10.0 Å². The van der Waals surface area contributed by atoms with Gasteiger partial charge in [0.2, 0.25) is 0 Å². The van der Waals surface area contributed by atoms with E-state index in [4.69, 9.17) is 5.11 Å². The molecular weight excluding hydrogens is 263 g/mol. The standard InChI is InChI=1S/C12H10F3NO3/c1-2-3-16(6-10(17)18)12(19)7-4-8(13)11(15)9(14)5-7/h2,4-5H,1,3,6H2,(H,17,18). The molecule has 1 amide bonds. The number of benzene rings is 1. The molecule has 0 aliphatic rings. The lowest BCUT2D eigenvalue weighted by molar-refractivity contribution is -0.137. The van der Waals surface area contributed by atoms with Gasteiger partial charge in [-0.1, -0.05) is 6.08 Å². The fraction of sp³-hybridized carbons (Fsp3) is 0.167. The van der Waals surface area contributed by atoms with E-state index in [1.807, 2.05) is 0 Å². The smallest absolute Gasteiger partial charge is 0.323 e. The summed E-state index contributed by atoms with van der Waals surface area (Å²) < 4.78 is 38.7. The van der Waals surface area contributed by atoms with Crippen molar-refractivity contribution in [2.24, 2.45) is 0 Å². The van der Waals surface area contributed by atoms with Crippen LogP contribution in [0.25, 0.3) is 0 Å². The zero-order chi connectivity index (χ0) is 14.6. The lowest BCUT2D eigenvalue weighted by Gasteiger charge is -2.18. The van der Waals surface area contributed by atoms with E-state index in [1.54, 1.807) is 0 Å². The highest BCUT2D eigenvalue weighted by Gasteiger charge is 2.21. The van der Waals surface area contributed by atoms with Crippen LogP contribution in [0.4, 0.5) is 13.2 Å². The molecule has 1 aromatic carbocycles. The van der Waals surface area contributed by atoms with Gasteiger partial charge in [0.05, 0.1) is 0 Å². The molecule has 0 radical (unpaired) electrons. The highest BCUT2D eigenvalue weighted by Crippen LogP contribution is 2.15. The van der Waals surface area contributed by atoms with Crippen LogP contribution >= 0.6 is 0 Å². The molecule has 7 heteroatoms. The normalized spacial score (nSPS) is 10.1. The minimum absolute atomic E-state index is 0.119. The van der Waals surface area contributed by atoms with E-state index in [1.165, 1.54) is 6.08 Å². The number of carbonyl (C=O) groups excluding carboxylic acids is 1. The zero-order valence-electron chi connectivity index (χ0n) is 9.70. The van der Waals surface area contributed by atoms with Crippen LogP contribution < -0.4 is 0 Å². The summed E-state index contributed by atoms with van der Waals surface area (Å²) in [4.78, 5) is 23.2. The first-order chi connectivity index (χ1) is 8.86. The third kappa shape index (κ3) is 3.57. The molecule has 1 N–H and O–H groups in total. The van der Waals surface area contributed by atoms with Crippen molar-refractivity contribution in [1.29, 1.82) is 0 Å². The molecule has 1 rings (SSSR count). The van der Waals surface area contributed by atoms with Crippen molar-refractivity contribution in [2.75, 3.05) is 13.1 Å². The summed E-state index contributed by atoms with van der Waals surface area (Å²) in [5.41, 5.74) is -0.473. The minimum Gasteiger partial charge on any atom is -0.480 e. The molecule has 0 atom stereocenters. The van der Waals surface area contributed by atoms with Crippen LogP contribution in [0.3, 0.4) is 0 Å². The van der Waals surface area contributed by atoms with Gasteiger partial charge in [-0.15, -0.1) is 6.58 Å². The molecule has 0 saturated heterocycles. The van der Waals surface area contributed by atoms with E-state index in [9.17, 15) is 22.8 Å². The number of amides is 1. The highest BCUT2D eigenvalue weighted by atomic mass is 19.2. The van der Waals surface area contributed by atoms with Crippen molar-refractivity contribution < 1.29 is 27.9 Å². The van der Waals surface area contributed by atoms with Crippen molar-refractivity contribution in [3.8, 4) is 0 Å². The van der Waals surface area contributed by atoms with E-state index in [-0.39, 0.29) is 6.54 Å². The Labute approximate surface area is 106 Å². The largest absolute Gasteiger partial charge is 0.480 e. The summed E-state index contributed by atoms with van der Waals surface area (Å²) >= 11 is 0. The van der Waals surface area contributed by atoms with Gasteiger partial charge in [0.1, 0.15) is 6.54 Å². The van der Waals surface area contributed by atoms with Gasteiger partial charge in [-0.25, -0.2) is 13.2 Å². The minimum atomic E-state index is -1.69. The molecule has 0 aliphatic carbocycles. The van der Waals surface area contributed by atoms with Crippen LogP contribution in [0.5, 0.6) is 0 Å².